The van der Waals surface area contributed by atoms with Gasteiger partial charge in [0.2, 0.25) is 0 Å². The molecule has 3 heteroatoms. The molecule has 2 nitrogen and oxygen atoms in total. The van der Waals surface area contributed by atoms with Crippen molar-refractivity contribution in [1.82, 2.24) is 5.32 Å². The van der Waals surface area contributed by atoms with E-state index in [-0.39, 0.29) is 0 Å². The molecule has 1 fully saturated rings. The van der Waals surface area contributed by atoms with Gasteiger partial charge in [-0.2, -0.15) is 0 Å². The number of hydrogen-bond acceptors (Lipinski definition) is 2. The van der Waals surface area contributed by atoms with Crippen molar-refractivity contribution >= 4 is 26.7 Å². The van der Waals surface area contributed by atoms with Crippen LogP contribution >= 0.6 is 15.9 Å². The second kappa shape index (κ2) is 5.29. The molecule has 0 spiro atoms. The van der Waals surface area contributed by atoms with Crippen LogP contribution in [0.15, 0.2) is 40.9 Å². The highest BCUT2D eigenvalue weighted by Gasteiger charge is 2.14. The fourth-order valence-electron chi connectivity index (χ4n) is 2.38. The van der Waals surface area contributed by atoms with E-state index >= 15 is 0 Å². The highest BCUT2D eigenvalue weighted by molar-refractivity contribution is 9.10. The second-order valence-electron chi connectivity index (χ2n) is 4.76. The summed E-state index contributed by atoms with van der Waals surface area (Å²) in [7, 11) is 0. The largest absolute Gasteiger partial charge is 0.492 e. The standard InChI is InChI=1S/C15H16BrNO/c16-13-5-3-12-9-15(6-4-11(12)8-13)18-10-14-2-1-7-17-14/h3-6,8-9,14,17H,1-2,7,10H2/t14-/m1/s1. The molecule has 2 aromatic rings. The van der Waals surface area contributed by atoms with E-state index in [4.69, 9.17) is 4.74 Å². The number of halogens is 1. The Hall–Kier alpha value is -1.06. The van der Waals surface area contributed by atoms with Gasteiger partial charge >= 0.3 is 0 Å². The highest BCUT2D eigenvalue weighted by Crippen LogP contribution is 2.24. The molecule has 0 bridgehead atoms. The molecule has 0 amide bonds. The van der Waals surface area contributed by atoms with Crippen molar-refractivity contribution in [2.24, 2.45) is 0 Å². The van der Waals surface area contributed by atoms with Gasteiger partial charge < -0.3 is 10.1 Å². The minimum absolute atomic E-state index is 0.519. The Kier molecular flexibility index (Phi) is 3.52. The minimum Gasteiger partial charge on any atom is -0.492 e. The fourth-order valence-corrected chi connectivity index (χ4v) is 2.76. The Morgan fingerprint density at radius 1 is 1.17 bits per heavy atom. The lowest BCUT2D eigenvalue weighted by Crippen LogP contribution is -2.28. The Morgan fingerprint density at radius 2 is 2.00 bits per heavy atom. The van der Waals surface area contributed by atoms with Gasteiger partial charge in [-0.3, -0.25) is 0 Å². The molecule has 3 rings (SSSR count). The zero-order valence-corrected chi connectivity index (χ0v) is 11.7. The zero-order valence-electron chi connectivity index (χ0n) is 10.2. The van der Waals surface area contributed by atoms with Crippen LogP contribution in [0.25, 0.3) is 10.8 Å². The maximum absolute atomic E-state index is 5.85. The molecule has 0 unspecified atom stereocenters. The van der Waals surface area contributed by atoms with Crippen molar-refractivity contribution in [3.63, 3.8) is 0 Å². The third-order valence-electron chi connectivity index (χ3n) is 3.39. The number of benzene rings is 2. The maximum Gasteiger partial charge on any atom is 0.120 e. The monoisotopic (exact) mass is 305 g/mol. The Bertz CT molecular complexity index is 549. The fraction of sp³-hybridized carbons (Fsp3) is 0.333. The summed E-state index contributed by atoms with van der Waals surface area (Å²) >= 11 is 3.49. The lowest BCUT2D eigenvalue weighted by atomic mass is 10.1. The lowest BCUT2D eigenvalue weighted by Gasteiger charge is -2.12. The number of nitrogens with one attached hydrogen (secondary N) is 1. The molecule has 0 radical (unpaired) electrons. The zero-order chi connectivity index (χ0) is 12.4. The molecule has 1 heterocycles. The third-order valence-corrected chi connectivity index (χ3v) is 3.88. The van der Waals surface area contributed by atoms with Gasteiger partial charge in [0, 0.05) is 10.5 Å². The van der Waals surface area contributed by atoms with E-state index in [1.54, 1.807) is 0 Å². The molecule has 1 N–H and O–H groups in total. The van der Waals surface area contributed by atoms with Crippen LogP contribution in [-0.2, 0) is 0 Å². The van der Waals surface area contributed by atoms with Crippen LogP contribution in [0.2, 0.25) is 0 Å². The normalized spacial score (nSPS) is 19.3. The van der Waals surface area contributed by atoms with E-state index in [9.17, 15) is 0 Å². The molecule has 18 heavy (non-hydrogen) atoms. The Balaban J connectivity index is 1.74. The quantitative estimate of drug-likeness (QED) is 0.933. The first kappa shape index (κ1) is 12.0. The van der Waals surface area contributed by atoms with Gasteiger partial charge in [0.15, 0.2) is 0 Å². The first-order valence-electron chi connectivity index (χ1n) is 6.37. The van der Waals surface area contributed by atoms with Gasteiger partial charge in [-0.15, -0.1) is 0 Å². The van der Waals surface area contributed by atoms with Gasteiger partial charge in [-0.1, -0.05) is 28.1 Å². The number of rotatable bonds is 3. The van der Waals surface area contributed by atoms with Crippen molar-refractivity contribution < 1.29 is 4.74 Å². The van der Waals surface area contributed by atoms with E-state index in [0.29, 0.717) is 6.04 Å². The SMILES string of the molecule is Brc1ccc2cc(OC[C@H]3CCCN3)ccc2c1. The molecule has 94 valence electrons. The average molecular weight is 306 g/mol. The van der Waals surface area contributed by atoms with Gasteiger partial charge in [-0.25, -0.2) is 0 Å². The summed E-state index contributed by atoms with van der Waals surface area (Å²) in [6.45, 7) is 1.89. The molecule has 0 aromatic heterocycles. The summed E-state index contributed by atoms with van der Waals surface area (Å²) in [4.78, 5) is 0. The molecule has 1 aliphatic rings. The van der Waals surface area contributed by atoms with E-state index < -0.39 is 0 Å². The van der Waals surface area contributed by atoms with Crippen LogP contribution in [0.1, 0.15) is 12.8 Å². The summed E-state index contributed by atoms with van der Waals surface area (Å²) in [5.74, 6) is 0.957. The van der Waals surface area contributed by atoms with Crippen LogP contribution < -0.4 is 10.1 Å². The van der Waals surface area contributed by atoms with Gasteiger partial charge in [-0.05, 0) is 54.4 Å². The van der Waals surface area contributed by atoms with Crippen molar-refractivity contribution in [2.75, 3.05) is 13.2 Å². The molecule has 0 aliphatic carbocycles. The van der Waals surface area contributed by atoms with Crippen molar-refractivity contribution in [2.45, 2.75) is 18.9 Å². The van der Waals surface area contributed by atoms with Crippen LogP contribution in [0.4, 0.5) is 0 Å². The van der Waals surface area contributed by atoms with Crippen molar-refractivity contribution in [3.8, 4) is 5.75 Å². The predicted molar refractivity (Wildman–Crippen MR) is 78.2 cm³/mol. The first-order valence-corrected chi connectivity index (χ1v) is 7.16. The lowest BCUT2D eigenvalue weighted by molar-refractivity contribution is 0.277. The summed E-state index contributed by atoms with van der Waals surface area (Å²) in [6.07, 6.45) is 2.49. The molecule has 2 aromatic carbocycles. The number of fused-ring (bicyclic) bond motifs is 1. The number of ether oxygens (including phenoxy) is 1. The van der Waals surface area contributed by atoms with Gasteiger partial charge in [0.1, 0.15) is 12.4 Å². The highest BCUT2D eigenvalue weighted by atomic mass is 79.9. The second-order valence-corrected chi connectivity index (χ2v) is 5.67. The van der Waals surface area contributed by atoms with Crippen LogP contribution in [-0.4, -0.2) is 19.2 Å². The van der Waals surface area contributed by atoms with Gasteiger partial charge in [0.25, 0.3) is 0 Å². The third kappa shape index (κ3) is 2.68. The van der Waals surface area contributed by atoms with Crippen LogP contribution in [0.3, 0.4) is 0 Å². The molecule has 0 saturated carbocycles. The van der Waals surface area contributed by atoms with E-state index in [1.165, 1.54) is 23.6 Å². The number of hydrogen-bond donors (Lipinski definition) is 1. The Labute approximate surface area is 115 Å². The molecule has 1 aliphatic heterocycles. The summed E-state index contributed by atoms with van der Waals surface area (Å²) in [5, 5.41) is 5.89. The summed E-state index contributed by atoms with van der Waals surface area (Å²) in [5.41, 5.74) is 0. The smallest absolute Gasteiger partial charge is 0.120 e. The van der Waals surface area contributed by atoms with E-state index in [0.717, 1.165) is 23.4 Å². The first-order chi connectivity index (χ1) is 8.81. The van der Waals surface area contributed by atoms with Crippen LogP contribution in [0.5, 0.6) is 5.75 Å². The topological polar surface area (TPSA) is 21.3 Å². The van der Waals surface area contributed by atoms with E-state index in [2.05, 4.69) is 51.6 Å². The molecular formula is C15H16BrNO. The van der Waals surface area contributed by atoms with Crippen LogP contribution in [0, 0.1) is 0 Å². The summed E-state index contributed by atoms with van der Waals surface area (Å²) in [6, 6.07) is 13.1. The predicted octanol–water partition coefficient (Wildman–Crippen LogP) is 3.73. The summed E-state index contributed by atoms with van der Waals surface area (Å²) < 4.78 is 6.96. The average Bonchev–Trinajstić information content (AvgIpc) is 2.89. The Morgan fingerprint density at radius 3 is 2.83 bits per heavy atom. The van der Waals surface area contributed by atoms with E-state index in [1.807, 2.05) is 6.07 Å². The molecule has 1 saturated heterocycles. The van der Waals surface area contributed by atoms with Gasteiger partial charge in [0.05, 0.1) is 0 Å². The minimum atomic E-state index is 0.519. The van der Waals surface area contributed by atoms with Crippen molar-refractivity contribution in [1.29, 1.82) is 0 Å². The molecular weight excluding hydrogens is 290 g/mol. The molecule has 1 atom stereocenters. The van der Waals surface area contributed by atoms with Crippen molar-refractivity contribution in [3.05, 3.63) is 40.9 Å². The maximum atomic E-state index is 5.85.